The maximum Gasteiger partial charge on any atom is 0.423 e. The molecule has 0 unspecified atom stereocenters. The molecule has 0 bridgehead atoms. The first-order valence-electron chi connectivity index (χ1n) is 5.94. The molecule has 0 saturated carbocycles. The lowest BCUT2D eigenvalue weighted by atomic mass is 10.2. The van der Waals surface area contributed by atoms with E-state index in [1.165, 1.54) is 0 Å². The molecule has 1 aliphatic heterocycles. The number of carboxylic acid groups (broad SMARTS) is 1. The molecule has 1 heterocycles. The van der Waals surface area contributed by atoms with Crippen molar-refractivity contribution in [2.24, 2.45) is 0 Å². The largest absolute Gasteiger partial charge is 0.464 e. The third kappa shape index (κ3) is 3.47. The standard InChI is InChI=1S/C10H21NO6SSi/c1-10(2,3)19(4,5)17-7-8-6-16-18(14,15)11(8)9(12)13/h8H,6-7H2,1-5H3,(H,12,13)/t8-/m1/s1. The molecule has 0 spiro atoms. The minimum Gasteiger partial charge on any atom is -0.464 e. The van der Waals surface area contributed by atoms with E-state index in [9.17, 15) is 13.2 Å². The van der Waals surface area contributed by atoms with Crippen LogP contribution in [0.3, 0.4) is 0 Å². The molecule has 19 heavy (non-hydrogen) atoms. The van der Waals surface area contributed by atoms with Crippen molar-refractivity contribution in [3.63, 3.8) is 0 Å². The summed E-state index contributed by atoms with van der Waals surface area (Å²) in [6.45, 7) is 10.0. The maximum absolute atomic E-state index is 11.4. The Morgan fingerprint density at radius 1 is 1.47 bits per heavy atom. The summed E-state index contributed by atoms with van der Waals surface area (Å²) in [4.78, 5) is 11.0. The molecule has 1 rings (SSSR count). The number of nitrogens with zero attached hydrogens (tertiary/aromatic N) is 1. The quantitative estimate of drug-likeness (QED) is 0.796. The zero-order valence-electron chi connectivity index (χ0n) is 11.8. The van der Waals surface area contributed by atoms with Gasteiger partial charge >= 0.3 is 16.4 Å². The predicted molar refractivity (Wildman–Crippen MR) is 71.7 cm³/mol. The molecule has 0 radical (unpaired) electrons. The van der Waals surface area contributed by atoms with Gasteiger partial charge in [0.25, 0.3) is 0 Å². The van der Waals surface area contributed by atoms with Crippen LogP contribution in [0.5, 0.6) is 0 Å². The zero-order chi connectivity index (χ0) is 15.1. The van der Waals surface area contributed by atoms with Gasteiger partial charge in [-0.05, 0) is 18.1 Å². The van der Waals surface area contributed by atoms with E-state index in [1.54, 1.807) is 0 Å². The Balaban J connectivity index is 2.77. The molecule has 1 fully saturated rings. The van der Waals surface area contributed by atoms with E-state index >= 15 is 0 Å². The maximum atomic E-state index is 11.4. The van der Waals surface area contributed by atoms with E-state index in [-0.39, 0.29) is 18.3 Å². The predicted octanol–water partition coefficient (Wildman–Crippen LogP) is 1.63. The van der Waals surface area contributed by atoms with E-state index in [2.05, 4.69) is 25.0 Å². The van der Waals surface area contributed by atoms with Crippen LogP contribution in [0.25, 0.3) is 0 Å². The first-order chi connectivity index (χ1) is 8.38. The topological polar surface area (TPSA) is 93.1 Å². The van der Waals surface area contributed by atoms with Gasteiger partial charge in [0.2, 0.25) is 0 Å². The normalized spacial score (nSPS) is 23.6. The fourth-order valence-electron chi connectivity index (χ4n) is 1.36. The smallest absolute Gasteiger partial charge is 0.423 e. The van der Waals surface area contributed by atoms with Gasteiger partial charge in [-0.25, -0.2) is 4.79 Å². The number of hydrogen-bond donors (Lipinski definition) is 1. The summed E-state index contributed by atoms with van der Waals surface area (Å²) in [5, 5.41) is 8.90. The summed E-state index contributed by atoms with van der Waals surface area (Å²) in [6, 6.07) is -0.809. The van der Waals surface area contributed by atoms with E-state index in [0.717, 1.165) is 0 Å². The fourth-order valence-corrected chi connectivity index (χ4v) is 3.52. The van der Waals surface area contributed by atoms with Crippen molar-refractivity contribution in [1.29, 1.82) is 0 Å². The molecule has 1 atom stereocenters. The minimum absolute atomic E-state index is 0.0284. The van der Waals surface area contributed by atoms with Gasteiger partial charge in [-0.2, -0.15) is 12.7 Å². The van der Waals surface area contributed by atoms with Gasteiger partial charge in [-0.3, -0.25) is 4.18 Å². The van der Waals surface area contributed by atoms with Crippen LogP contribution in [0, 0.1) is 0 Å². The van der Waals surface area contributed by atoms with Gasteiger partial charge in [0.05, 0.1) is 13.2 Å². The highest BCUT2D eigenvalue weighted by atomic mass is 32.2. The van der Waals surface area contributed by atoms with Crippen molar-refractivity contribution >= 4 is 24.7 Å². The van der Waals surface area contributed by atoms with Crippen molar-refractivity contribution < 1.29 is 26.9 Å². The highest BCUT2D eigenvalue weighted by molar-refractivity contribution is 7.85. The van der Waals surface area contributed by atoms with E-state index in [1.807, 2.05) is 13.1 Å². The summed E-state index contributed by atoms with van der Waals surface area (Å²) in [5.41, 5.74) is 0. The summed E-state index contributed by atoms with van der Waals surface area (Å²) < 4.78 is 33.5. The number of carbonyl (C=O) groups is 1. The van der Waals surface area contributed by atoms with Crippen molar-refractivity contribution in [3.05, 3.63) is 0 Å². The van der Waals surface area contributed by atoms with Gasteiger partial charge in [0.1, 0.15) is 6.04 Å². The van der Waals surface area contributed by atoms with Crippen LogP contribution in [0.2, 0.25) is 18.1 Å². The Bertz CT molecular complexity index is 455. The molecule has 1 saturated heterocycles. The van der Waals surface area contributed by atoms with Crippen LogP contribution < -0.4 is 0 Å². The van der Waals surface area contributed by atoms with Crippen LogP contribution in [-0.4, -0.2) is 51.5 Å². The van der Waals surface area contributed by atoms with Gasteiger partial charge in [0, 0.05) is 0 Å². The Morgan fingerprint density at radius 3 is 2.42 bits per heavy atom. The first kappa shape index (κ1) is 16.4. The van der Waals surface area contributed by atoms with Crippen molar-refractivity contribution in [2.45, 2.75) is 44.9 Å². The minimum atomic E-state index is -4.17. The van der Waals surface area contributed by atoms with Crippen molar-refractivity contribution in [3.8, 4) is 0 Å². The molecule has 1 aliphatic rings. The van der Waals surface area contributed by atoms with E-state index < -0.39 is 30.8 Å². The molecule has 0 aliphatic carbocycles. The molecule has 1 N–H and O–H groups in total. The SMILES string of the molecule is CC(C)(C)[Si](C)(C)OC[C@H]1COS(=O)(=O)N1C(=O)O. The molecule has 0 aromatic rings. The zero-order valence-corrected chi connectivity index (χ0v) is 13.7. The molecule has 9 heteroatoms. The second kappa shape index (κ2) is 5.04. The Hall–Kier alpha value is -0.643. The lowest BCUT2D eigenvalue weighted by Crippen LogP contribution is -2.47. The summed E-state index contributed by atoms with van der Waals surface area (Å²) in [7, 11) is -6.22. The van der Waals surface area contributed by atoms with Crippen LogP contribution >= 0.6 is 0 Å². The molecule has 0 aromatic carbocycles. The third-order valence-corrected chi connectivity index (χ3v) is 9.48. The molecule has 1 amide bonds. The van der Waals surface area contributed by atoms with Gasteiger partial charge < -0.3 is 9.53 Å². The van der Waals surface area contributed by atoms with E-state index in [0.29, 0.717) is 4.31 Å². The first-order valence-corrected chi connectivity index (χ1v) is 10.2. The monoisotopic (exact) mass is 311 g/mol. The number of hydrogen-bond acceptors (Lipinski definition) is 5. The number of amides is 1. The van der Waals surface area contributed by atoms with Crippen LogP contribution in [0.15, 0.2) is 0 Å². The van der Waals surface area contributed by atoms with Gasteiger partial charge in [0.15, 0.2) is 8.32 Å². The lowest BCUT2D eigenvalue weighted by molar-refractivity contribution is 0.144. The van der Waals surface area contributed by atoms with Gasteiger partial charge in [-0.15, -0.1) is 0 Å². The molecule has 7 nitrogen and oxygen atoms in total. The summed E-state index contributed by atoms with van der Waals surface area (Å²) in [6.07, 6.45) is -1.54. The second-order valence-electron chi connectivity index (χ2n) is 6.05. The average molecular weight is 311 g/mol. The number of rotatable bonds is 3. The van der Waals surface area contributed by atoms with Crippen LogP contribution in [0.1, 0.15) is 20.8 Å². The fraction of sp³-hybridized carbons (Fsp3) is 0.900. The Morgan fingerprint density at radius 2 is 2.00 bits per heavy atom. The third-order valence-electron chi connectivity index (χ3n) is 3.61. The second-order valence-corrected chi connectivity index (χ2v) is 12.3. The summed E-state index contributed by atoms with van der Waals surface area (Å²) in [5.74, 6) is 0. The van der Waals surface area contributed by atoms with Crippen molar-refractivity contribution in [2.75, 3.05) is 13.2 Å². The van der Waals surface area contributed by atoms with Crippen LogP contribution in [-0.2, 0) is 18.9 Å². The van der Waals surface area contributed by atoms with Gasteiger partial charge in [-0.1, -0.05) is 20.8 Å². The lowest BCUT2D eigenvalue weighted by Gasteiger charge is -2.37. The molecular formula is C10H21NO6SSi. The molecular weight excluding hydrogens is 290 g/mol. The highest BCUT2D eigenvalue weighted by Gasteiger charge is 2.45. The van der Waals surface area contributed by atoms with Crippen LogP contribution in [0.4, 0.5) is 4.79 Å². The Kier molecular flexibility index (Phi) is 4.35. The molecule has 0 aromatic heterocycles. The van der Waals surface area contributed by atoms with Crippen molar-refractivity contribution in [1.82, 2.24) is 4.31 Å². The average Bonchev–Trinajstić information content (AvgIpc) is 2.49. The Labute approximate surface area is 114 Å². The summed E-state index contributed by atoms with van der Waals surface area (Å²) >= 11 is 0. The molecule has 112 valence electrons. The van der Waals surface area contributed by atoms with E-state index in [4.69, 9.17) is 9.53 Å². The highest BCUT2D eigenvalue weighted by Crippen LogP contribution is 2.37.